The molecule has 1 fully saturated rings. The first kappa shape index (κ1) is 16.0. The van der Waals surface area contributed by atoms with Crippen molar-refractivity contribution >= 4 is 11.8 Å². The molecule has 6 heteroatoms. The van der Waals surface area contributed by atoms with Crippen molar-refractivity contribution in [3.8, 4) is 0 Å². The molecule has 0 radical (unpaired) electrons. The largest absolute Gasteiger partial charge is 0.394 e. The van der Waals surface area contributed by atoms with Gasteiger partial charge in [0.05, 0.1) is 25.2 Å². The maximum Gasteiger partial charge on any atom is 0.223 e. The molecule has 1 aliphatic heterocycles. The third-order valence-corrected chi connectivity index (χ3v) is 4.01. The van der Waals surface area contributed by atoms with E-state index in [4.69, 9.17) is 4.74 Å². The number of ether oxygens (including phenoxy) is 1. The van der Waals surface area contributed by atoms with Crippen molar-refractivity contribution in [2.24, 2.45) is 5.92 Å². The van der Waals surface area contributed by atoms with Gasteiger partial charge in [-0.15, -0.1) is 0 Å². The van der Waals surface area contributed by atoms with E-state index in [1.807, 2.05) is 13.0 Å². The third-order valence-electron chi connectivity index (χ3n) is 4.01. The normalized spacial score (nSPS) is 28.8. The van der Waals surface area contributed by atoms with Gasteiger partial charge in [0.1, 0.15) is 6.10 Å². The molecule has 0 saturated heterocycles. The average molecular weight is 296 g/mol. The van der Waals surface area contributed by atoms with E-state index < -0.39 is 6.10 Å². The molecule has 0 aromatic carbocycles. The summed E-state index contributed by atoms with van der Waals surface area (Å²) >= 11 is 0. The van der Waals surface area contributed by atoms with Crippen LogP contribution in [-0.4, -0.2) is 48.3 Å². The lowest BCUT2D eigenvalue weighted by Crippen LogP contribution is -2.51. The lowest BCUT2D eigenvalue weighted by atomic mass is 9.84. The molecule has 2 aliphatic rings. The number of carbonyl (C=O) groups is 2. The van der Waals surface area contributed by atoms with Gasteiger partial charge in [-0.25, -0.2) is 0 Å². The first-order valence-corrected chi connectivity index (χ1v) is 7.65. The van der Waals surface area contributed by atoms with Gasteiger partial charge in [0.2, 0.25) is 11.8 Å². The molecule has 0 aromatic heterocycles. The minimum atomic E-state index is -0.501. The minimum Gasteiger partial charge on any atom is -0.394 e. The zero-order valence-electron chi connectivity index (χ0n) is 12.4. The summed E-state index contributed by atoms with van der Waals surface area (Å²) in [5.74, 6) is 0.0479. The number of hydrogen-bond acceptors (Lipinski definition) is 4. The first-order chi connectivity index (χ1) is 10.1. The second-order valence-corrected chi connectivity index (χ2v) is 5.60. The Kier molecular flexibility index (Phi) is 5.76. The molecule has 1 aliphatic carbocycles. The van der Waals surface area contributed by atoms with Gasteiger partial charge >= 0.3 is 0 Å². The number of amides is 2. The molecule has 0 unspecified atom stereocenters. The van der Waals surface area contributed by atoms with E-state index in [1.54, 1.807) is 6.08 Å². The number of rotatable bonds is 6. The van der Waals surface area contributed by atoms with Crippen LogP contribution in [0.4, 0.5) is 0 Å². The van der Waals surface area contributed by atoms with Crippen molar-refractivity contribution in [2.75, 3.05) is 13.2 Å². The Hall–Kier alpha value is -1.40. The van der Waals surface area contributed by atoms with Gasteiger partial charge in [-0.1, -0.05) is 18.6 Å². The smallest absolute Gasteiger partial charge is 0.223 e. The van der Waals surface area contributed by atoms with Gasteiger partial charge in [-0.05, 0) is 19.8 Å². The van der Waals surface area contributed by atoms with Gasteiger partial charge < -0.3 is 20.5 Å². The summed E-state index contributed by atoms with van der Waals surface area (Å²) in [6.07, 6.45) is 5.96. The number of aliphatic hydroxyl groups is 1. The Morgan fingerprint density at radius 2 is 2.10 bits per heavy atom. The summed E-state index contributed by atoms with van der Waals surface area (Å²) in [6, 6.07) is -0.325. The average Bonchev–Trinajstić information content (AvgIpc) is 2.38. The van der Waals surface area contributed by atoms with Crippen LogP contribution in [0.5, 0.6) is 0 Å². The van der Waals surface area contributed by atoms with Crippen molar-refractivity contribution in [3.63, 3.8) is 0 Å². The fourth-order valence-electron chi connectivity index (χ4n) is 2.54. The molecule has 1 saturated carbocycles. The minimum absolute atomic E-state index is 0.0279. The van der Waals surface area contributed by atoms with Crippen LogP contribution >= 0.6 is 0 Å². The SMILES string of the molecule is CCNC(=O)C[C@H]1C=C[C@H](NC(=O)C2CCC2)[C@H](CO)O1. The zero-order valence-corrected chi connectivity index (χ0v) is 12.4. The topological polar surface area (TPSA) is 87.7 Å². The van der Waals surface area contributed by atoms with Crippen molar-refractivity contribution in [1.29, 1.82) is 0 Å². The van der Waals surface area contributed by atoms with Crippen LogP contribution < -0.4 is 10.6 Å². The number of carbonyl (C=O) groups excluding carboxylic acids is 2. The summed E-state index contributed by atoms with van der Waals surface area (Å²) in [5, 5.41) is 15.1. The van der Waals surface area contributed by atoms with Crippen LogP contribution in [-0.2, 0) is 14.3 Å². The van der Waals surface area contributed by atoms with E-state index in [9.17, 15) is 14.7 Å². The van der Waals surface area contributed by atoms with Crippen LogP contribution in [0.2, 0.25) is 0 Å². The summed E-state index contributed by atoms with van der Waals surface area (Å²) in [6.45, 7) is 2.25. The highest BCUT2D eigenvalue weighted by Gasteiger charge is 2.32. The molecular weight excluding hydrogens is 272 g/mol. The predicted octanol–water partition coefficient (Wildman–Crippen LogP) is 0.113. The highest BCUT2D eigenvalue weighted by atomic mass is 16.5. The first-order valence-electron chi connectivity index (χ1n) is 7.65. The predicted molar refractivity (Wildman–Crippen MR) is 77.5 cm³/mol. The fourth-order valence-corrected chi connectivity index (χ4v) is 2.54. The van der Waals surface area contributed by atoms with Gasteiger partial charge in [0.15, 0.2) is 0 Å². The van der Waals surface area contributed by atoms with Crippen LogP contribution in [0.15, 0.2) is 12.2 Å². The highest BCUT2D eigenvalue weighted by molar-refractivity contribution is 5.80. The van der Waals surface area contributed by atoms with Gasteiger partial charge in [-0.2, -0.15) is 0 Å². The van der Waals surface area contributed by atoms with Crippen molar-refractivity contribution in [1.82, 2.24) is 10.6 Å². The Morgan fingerprint density at radius 3 is 2.67 bits per heavy atom. The number of nitrogens with one attached hydrogen (secondary N) is 2. The molecule has 2 amide bonds. The third kappa shape index (κ3) is 4.28. The van der Waals surface area contributed by atoms with Crippen molar-refractivity contribution in [3.05, 3.63) is 12.2 Å². The fraction of sp³-hybridized carbons (Fsp3) is 0.733. The number of aliphatic hydroxyl groups excluding tert-OH is 1. The lowest BCUT2D eigenvalue weighted by Gasteiger charge is -2.33. The highest BCUT2D eigenvalue weighted by Crippen LogP contribution is 2.27. The van der Waals surface area contributed by atoms with E-state index in [2.05, 4.69) is 10.6 Å². The van der Waals surface area contributed by atoms with E-state index >= 15 is 0 Å². The molecule has 3 atom stereocenters. The van der Waals surface area contributed by atoms with Crippen LogP contribution in [0.1, 0.15) is 32.6 Å². The molecular formula is C15H24N2O4. The van der Waals surface area contributed by atoms with E-state index in [1.165, 1.54) is 0 Å². The standard InChI is InChI=1S/C15H24N2O4/c1-2-16-14(19)8-11-6-7-12(13(9-18)21-11)17-15(20)10-4-3-5-10/h6-7,10-13,18H,2-5,8-9H2,1H3,(H,16,19)(H,17,20)/t11-,12+,13+/m1/s1. The second-order valence-electron chi connectivity index (χ2n) is 5.60. The summed E-state index contributed by atoms with van der Waals surface area (Å²) in [5.41, 5.74) is 0. The molecule has 21 heavy (non-hydrogen) atoms. The lowest BCUT2D eigenvalue weighted by molar-refractivity contribution is -0.131. The Labute approximate surface area is 124 Å². The summed E-state index contributed by atoms with van der Waals surface area (Å²) in [7, 11) is 0. The monoisotopic (exact) mass is 296 g/mol. The quantitative estimate of drug-likeness (QED) is 0.607. The Morgan fingerprint density at radius 1 is 1.33 bits per heavy atom. The van der Waals surface area contributed by atoms with Gasteiger partial charge in [-0.3, -0.25) is 9.59 Å². The van der Waals surface area contributed by atoms with Gasteiger partial charge in [0, 0.05) is 12.5 Å². The molecule has 0 aromatic rings. The van der Waals surface area contributed by atoms with Crippen LogP contribution in [0.3, 0.4) is 0 Å². The van der Waals surface area contributed by atoms with Gasteiger partial charge in [0.25, 0.3) is 0 Å². The van der Waals surface area contributed by atoms with Crippen LogP contribution in [0, 0.1) is 5.92 Å². The van der Waals surface area contributed by atoms with E-state index in [0.717, 1.165) is 19.3 Å². The second kappa shape index (κ2) is 7.56. The Bertz CT molecular complexity index is 406. The Balaban J connectivity index is 1.88. The summed E-state index contributed by atoms with van der Waals surface area (Å²) in [4.78, 5) is 23.5. The maximum atomic E-state index is 12.0. The van der Waals surface area contributed by atoms with Crippen LogP contribution in [0.25, 0.3) is 0 Å². The zero-order chi connectivity index (χ0) is 15.2. The summed E-state index contributed by atoms with van der Waals surface area (Å²) < 4.78 is 5.69. The molecule has 0 bridgehead atoms. The maximum absolute atomic E-state index is 12.0. The molecule has 118 valence electrons. The van der Waals surface area contributed by atoms with Crippen molar-refractivity contribution < 1.29 is 19.4 Å². The molecule has 3 N–H and O–H groups in total. The number of hydrogen-bond donors (Lipinski definition) is 3. The van der Waals surface area contributed by atoms with Crippen molar-refractivity contribution in [2.45, 2.75) is 50.9 Å². The van der Waals surface area contributed by atoms with E-state index in [0.29, 0.717) is 6.54 Å². The molecule has 1 heterocycles. The molecule has 2 rings (SSSR count). The molecule has 0 spiro atoms. The molecule has 6 nitrogen and oxygen atoms in total. The van der Waals surface area contributed by atoms with E-state index in [-0.39, 0.29) is 42.9 Å².